The van der Waals surface area contributed by atoms with E-state index in [0.29, 0.717) is 13.1 Å². The summed E-state index contributed by atoms with van der Waals surface area (Å²) < 4.78 is 0. The van der Waals surface area contributed by atoms with Gasteiger partial charge in [0.1, 0.15) is 0 Å². The van der Waals surface area contributed by atoms with Gasteiger partial charge in [-0.25, -0.2) is 0 Å². The van der Waals surface area contributed by atoms with Crippen molar-refractivity contribution in [1.29, 1.82) is 0 Å². The molecule has 0 aliphatic rings. The topological polar surface area (TPSA) is 58.4 Å². The molecular weight excluding hydrogens is 214 g/mol. The Hall–Kier alpha value is -0.610. The quantitative estimate of drug-likeness (QED) is 0.709. The van der Waals surface area contributed by atoms with E-state index in [0.717, 1.165) is 12.8 Å². The largest absolute Gasteiger partial charge is 0.350 e. The summed E-state index contributed by atoms with van der Waals surface area (Å²) in [6, 6.07) is 0. The van der Waals surface area contributed by atoms with Crippen molar-refractivity contribution in [2.75, 3.05) is 20.1 Å². The van der Waals surface area contributed by atoms with Crippen LogP contribution in [0.25, 0.3) is 0 Å². The zero-order valence-electron chi connectivity index (χ0n) is 12.3. The molecule has 0 aromatic rings. The van der Waals surface area contributed by atoms with Crippen molar-refractivity contribution in [2.24, 2.45) is 5.73 Å². The van der Waals surface area contributed by atoms with E-state index in [1.807, 2.05) is 25.8 Å². The summed E-state index contributed by atoms with van der Waals surface area (Å²) in [6.45, 7) is 11.3. The zero-order valence-corrected chi connectivity index (χ0v) is 12.3. The van der Waals surface area contributed by atoms with Gasteiger partial charge < -0.3 is 11.1 Å². The van der Waals surface area contributed by atoms with Gasteiger partial charge >= 0.3 is 0 Å². The first-order valence-corrected chi connectivity index (χ1v) is 6.43. The Kier molecular flexibility index (Phi) is 6.13. The lowest BCUT2D eigenvalue weighted by molar-refractivity contribution is -0.124. The number of nitrogens with one attached hydrogen (secondary N) is 1. The van der Waals surface area contributed by atoms with Crippen LogP contribution >= 0.6 is 0 Å². The van der Waals surface area contributed by atoms with Gasteiger partial charge in [-0.15, -0.1) is 0 Å². The average Bonchev–Trinajstić information content (AvgIpc) is 2.26. The fraction of sp³-hybridized carbons (Fsp3) is 0.923. The van der Waals surface area contributed by atoms with Gasteiger partial charge in [-0.05, 0) is 40.7 Å². The van der Waals surface area contributed by atoms with Crippen LogP contribution in [0.4, 0.5) is 0 Å². The molecule has 3 N–H and O–H groups in total. The second-order valence-corrected chi connectivity index (χ2v) is 5.70. The minimum atomic E-state index is -0.136. The molecule has 0 bridgehead atoms. The number of hydrogen-bond donors (Lipinski definition) is 2. The molecule has 17 heavy (non-hydrogen) atoms. The van der Waals surface area contributed by atoms with E-state index in [9.17, 15) is 4.79 Å². The third-order valence-electron chi connectivity index (χ3n) is 3.87. The number of carbonyl (C=O) groups excluding carboxylic acids is 1. The number of rotatable bonds is 7. The second kappa shape index (κ2) is 6.36. The summed E-state index contributed by atoms with van der Waals surface area (Å²) >= 11 is 0. The summed E-state index contributed by atoms with van der Waals surface area (Å²) in [5.41, 5.74) is 5.54. The fourth-order valence-electron chi connectivity index (χ4n) is 1.48. The van der Waals surface area contributed by atoms with Gasteiger partial charge in [0.2, 0.25) is 5.91 Å². The third kappa shape index (κ3) is 5.04. The SMILES string of the molecule is CCC(C)(C)NC(=O)CN(C)C(C)(CC)CN. The van der Waals surface area contributed by atoms with E-state index in [-0.39, 0.29) is 17.0 Å². The highest BCUT2D eigenvalue weighted by Gasteiger charge is 2.28. The maximum Gasteiger partial charge on any atom is 0.234 e. The molecule has 0 fully saturated rings. The highest BCUT2D eigenvalue weighted by Crippen LogP contribution is 2.15. The second-order valence-electron chi connectivity index (χ2n) is 5.70. The minimum Gasteiger partial charge on any atom is -0.350 e. The van der Waals surface area contributed by atoms with Gasteiger partial charge in [0.25, 0.3) is 0 Å². The Morgan fingerprint density at radius 3 is 2.12 bits per heavy atom. The molecular formula is C13H29N3O. The van der Waals surface area contributed by atoms with Crippen molar-refractivity contribution in [1.82, 2.24) is 10.2 Å². The minimum absolute atomic E-state index is 0.0625. The highest BCUT2D eigenvalue weighted by molar-refractivity contribution is 5.78. The van der Waals surface area contributed by atoms with Crippen LogP contribution in [0.2, 0.25) is 0 Å². The predicted octanol–water partition coefficient (Wildman–Crippen LogP) is 1.35. The summed E-state index contributed by atoms with van der Waals surface area (Å²) in [5, 5.41) is 3.04. The van der Waals surface area contributed by atoms with Crippen molar-refractivity contribution in [2.45, 2.75) is 58.5 Å². The molecule has 1 atom stereocenters. The third-order valence-corrected chi connectivity index (χ3v) is 3.87. The number of amides is 1. The van der Waals surface area contributed by atoms with Crippen molar-refractivity contribution >= 4 is 5.91 Å². The van der Waals surface area contributed by atoms with Crippen molar-refractivity contribution in [3.05, 3.63) is 0 Å². The van der Waals surface area contributed by atoms with Crippen LogP contribution in [0, 0.1) is 0 Å². The lowest BCUT2D eigenvalue weighted by Crippen LogP contribution is -2.54. The Morgan fingerprint density at radius 1 is 1.24 bits per heavy atom. The van der Waals surface area contributed by atoms with Gasteiger partial charge in [-0.3, -0.25) is 9.69 Å². The molecule has 0 aromatic carbocycles. The number of carbonyl (C=O) groups is 1. The van der Waals surface area contributed by atoms with Crippen LogP contribution < -0.4 is 11.1 Å². The maximum absolute atomic E-state index is 11.9. The van der Waals surface area contributed by atoms with E-state index in [2.05, 4.69) is 26.1 Å². The Morgan fingerprint density at radius 2 is 1.76 bits per heavy atom. The van der Waals surface area contributed by atoms with Crippen LogP contribution in [0.5, 0.6) is 0 Å². The fourth-order valence-corrected chi connectivity index (χ4v) is 1.48. The Bertz CT molecular complexity index is 247. The predicted molar refractivity (Wildman–Crippen MR) is 72.9 cm³/mol. The molecule has 0 radical (unpaired) electrons. The van der Waals surface area contributed by atoms with E-state index in [1.54, 1.807) is 0 Å². The van der Waals surface area contributed by atoms with Crippen LogP contribution in [0.1, 0.15) is 47.5 Å². The average molecular weight is 243 g/mol. The van der Waals surface area contributed by atoms with Crippen LogP contribution in [0.3, 0.4) is 0 Å². The molecule has 1 unspecified atom stereocenters. The summed E-state index contributed by atoms with van der Waals surface area (Å²) in [7, 11) is 1.95. The molecule has 0 saturated heterocycles. The van der Waals surface area contributed by atoms with Gasteiger partial charge in [0.05, 0.1) is 6.54 Å². The monoisotopic (exact) mass is 243 g/mol. The molecule has 0 aliphatic heterocycles. The molecule has 4 nitrogen and oxygen atoms in total. The van der Waals surface area contributed by atoms with Gasteiger partial charge in [0.15, 0.2) is 0 Å². The molecule has 0 spiro atoms. The first-order valence-electron chi connectivity index (χ1n) is 6.43. The van der Waals surface area contributed by atoms with Crippen LogP contribution in [-0.2, 0) is 4.79 Å². The Balaban J connectivity index is 4.39. The van der Waals surface area contributed by atoms with Crippen molar-refractivity contribution in [3.63, 3.8) is 0 Å². The standard InChI is InChI=1S/C13H29N3O/c1-7-12(3,4)15-11(17)9-16(6)13(5,8-2)10-14/h7-10,14H2,1-6H3,(H,15,17). The molecule has 0 rings (SSSR count). The normalized spacial score (nSPS) is 15.8. The maximum atomic E-state index is 11.9. The van der Waals surface area contributed by atoms with E-state index in [1.165, 1.54) is 0 Å². The van der Waals surface area contributed by atoms with E-state index in [4.69, 9.17) is 5.73 Å². The molecule has 102 valence electrons. The molecule has 0 aromatic heterocycles. The number of likely N-dealkylation sites (N-methyl/N-ethyl adjacent to an activating group) is 1. The lowest BCUT2D eigenvalue weighted by atomic mass is 9.97. The summed E-state index contributed by atoms with van der Waals surface area (Å²) in [5.74, 6) is 0.0625. The zero-order chi connectivity index (χ0) is 13.7. The first kappa shape index (κ1) is 16.4. The van der Waals surface area contributed by atoms with Crippen LogP contribution in [0.15, 0.2) is 0 Å². The Labute approximate surface area is 106 Å². The lowest BCUT2D eigenvalue weighted by Gasteiger charge is -2.37. The van der Waals surface area contributed by atoms with Crippen LogP contribution in [-0.4, -0.2) is 42.0 Å². The van der Waals surface area contributed by atoms with Gasteiger partial charge in [-0.1, -0.05) is 13.8 Å². The molecule has 0 heterocycles. The first-order chi connectivity index (χ1) is 7.70. The number of hydrogen-bond acceptors (Lipinski definition) is 3. The molecule has 0 aliphatic carbocycles. The van der Waals surface area contributed by atoms with Crippen molar-refractivity contribution in [3.8, 4) is 0 Å². The van der Waals surface area contributed by atoms with Gasteiger partial charge in [-0.2, -0.15) is 0 Å². The number of nitrogens with two attached hydrogens (primary N) is 1. The van der Waals surface area contributed by atoms with E-state index < -0.39 is 0 Å². The molecule has 4 heteroatoms. The number of nitrogens with zero attached hydrogens (tertiary/aromatic N) is 1. The van der Waals surface area contributed by atoms with Crippen molar-refractivity contribution < 1.29 is 4.79 Å². The van der Waals surface area contributed by atoms with Gasteiger partial charge in [0, 0.05) is 17.6 Å². The van der Waals surface area contributed by atoms with E-state index >= 15 is 0 Å². The molecule has 0 saturated carbocycles. The molecule has 1 amide bonds. The summed E-state index contributed by atoms with van der Waals surface area (Å²) in [4.78, 5) is 13.9. The smallest absolute Gasteiger partial charge is 0.234 e. The summed E-state index contributed by atoms with van der Waals surface area (Å²) in [6.07, 6.45) is 1.86. The highest BCUT2D eigenvalue weighted by atomic mass is 16.2.